The monoisotopic (exact) mass is 300 g/mol. The number of terminal acetylenes is 1. The molecule has 1 nitrogen and oxygen atoms in total. The van der Waals surface area contributed by atoms with E-state index in [1.165, 1.54) is 44.2 Å². The summed E-state index contributed by atoms with van der Waals surface area (Å²) < 4.78 is 13.6. The molecule has 118 valence electrons. The average Bonchev–Trinajstić information content (AvgIpc) is 2.47. The lowest BCUT2D eigenvalue weighted by atomic mass is 9.76. The van der Waals surface area contributed by atoms with Gasteiger partial charge in [0.05, 0.1) is 0 Å². The Kier molecular flexibility index (Phi) is 5.40. The zero-order chi connectivity index (χ0) is 16.2. The van der Waals surface area contributed by atoms with Crippen molar-refractivity contribution < 1.29 is 9.18 Å². The van der Waals surface area contributed by atoms with Crippen LogP contribution in [0.1, 0.15) is 69.9 Å². The summed E-state index contributed by atoms with van der Waals surface area (Å²) in [4.78, 5) is 12.4. The van der Waals surface area contributed by atoms with E-state index < -0.39 is 5.41 Å². The summed E-state index contributed by atoms with van der Waals surface area (Å²) in [6, 6.07) is 4.47. The largest absolute Gasteiger partial charge is 0.300 e. The van der Waals surface area contributed by atoms with Crippen molar-refractivity contribution in [3.63, 3.8) is 0 Å². The number of carbonyl (C=O) groups excluding carboxylic acids is 1. The second kappa shape index (κ2) is 7.09. The van der Waals surface area contributed by atoms with Gasteiger partial charge in [-0.3, -0.25) is 4.79 Å². The van der Waals surface area contributed by atoms with Crippen LogP contribution in [0.4, 0.5) is 4.39 Å². The van der Waals surface area contributed by atoms with Crippen LogP contribution in [0.2, 0.25) is 0 Å². The molecule has 1 aliphatic rings. The normalized spacial score (nSPS) is 16.3. The Morgan fingerprint density at radius 3 is 2.64 bits per heavy atom. The van der Waals surface area contributed by atoms with Crippen molar-refractivity contribution in [3.8, 4) is 12.3 Å². The Bertz CT molecular complexity index is 574. The van der Waals surface area contributed by atoms with Crippen LogP contribution in [0.5, 0.6) is 0 Å². The number of carbonyl (C=O) groups is 1. The van der Waals surface area contributed by atoms with Crippen molar-refractivity contribution in [3.05, 3.63) is 35.1 Å². The number of benzene rings is 1. The van der Waals surface area contributed by atoms with Crippen molar-refractivity contribution in [1.29, 1.82) is 0 Å². The molecule has 0 aromatic heterocycles. The molecule has 2 heteroatoms. The molecule has 0 aliphatic heterocycles. The lowest BCUT2D eigenvalue weighted by Crippen LogP contribution is -2.25. The first kappa shape index (κ1) is 16.7. The SMILES string of the molecule is C#Cc1ccc(F)cc1C(C)(C)CC(=O)CC1CCCCC1. The van der Waals surface area contributed by atoms with Crippen LogP contribution in [-0.2, 0) is 10.2 Å². The molecule has 1 aromatic rings. The molecule has 0 spiro atoms. The number of hydrogen-bond acceptors (Lipinski definition) is 1. The fourth-order valence-electron chi connectivity index (χ4n) is 3.58. The van der Waals surface area contributed by atoms with E-state index in [-0.39, 0.29) is 11.6 Å². The summed E-state index contributed by atoms with van der Waals surface area (Å²) in [6.45, 7) is 3.95. The van der Waals surface area contributed by atoms with E-state index in [9.17, 15) is 9.18 Å². The number of ketones is 1. The zero-order valence-corrected chi connectivity index (χ0v) is 13.6. The van der Waals surface area contributed by atoms with Gasteiger partial charge in [0.2, 0.25) is 0 Å². The first-order valence-electron chi connectivity index (χ1n) is 8.21. The Morgan fingerprint density at radius 1 is 1.32 bits per heavy atom. The first-order valence-corrected chi connectivity index (χ1v) is 8.21. The standard InChI is InChI=1S/C20H25FO/c1-4-16-10-11-17(21)13-19(16)20(2,3)14-18(22)12-15-8-6-5-7-9-15/h1,10-11,13,15H,5-9,12,14H2,2-3H3. The Labute approximate surface area is 133 Å². The minimum absolute atomic E-state index is 0.268. The van der Waals surface area contributed by atoms with Gasteiger partial charge in [-0.1, -0.05) is 51.9 Å². The van der Waals surface area contributed by atoms with Gasteiger partial charge in [0, 0.05) is 18.4 Å². The highest BCUT2D eigenvalue weighted by molar-refractivity contribution is 5.80. The summed E-state index contributed by atoms with van der Waals surface area (Å²) in [7, 11) is 0. The average molecular weight is 300 g/mol. The van der Waals surface area contributed by atoms with Crippen molar-refractivity contribution in [1.82, 2.24) is 0 Å². The van der Waals surface area contributed by atoms with E-state index in [1.54, 1.807) is 6.07 Å². The lowest BCUT2D eigenvalue weighted by molar-refractivity contribution is -0.121. The topological polar surface area (TPSA) is 17.1 Å². The molecule has 0 N–H and O–H groups in total. The zero-order valence-electron chi connectivity index (χ0n) is 13.6. The lowest BCUT2D eigenvalue weighted by Gasteiger charge is -2.27. The molecule has 1 fully saturated rings. The van der Waals surface area contributed by atoms with Crippen LogP contribution in [0.15, 0.2) is 18.2 Å². The highest BCUT2D eigenvalue weighted by atomic mass is 19.1. The number of rotatable bonds is 5. The molecule has 2 rings (SSSR count). The van der Waals surface area contributed by atoms with E-state index >= 15 is 0 Å². The Balaban J connectivity index is 2.08. The second-order valence-corrected chi connectivity index (χ2v) is 7.14. The molecule has 0 atom stereocenters. The van der Waals surface area contributed by atoms with Gasteiger partial charge in [0.1, 0.15) is 11.6 Å². The van der Waals surface area contributed by atoms with Crippen LogP contribution in [-0.4, -0.2) is 5.78 Å². The fourth-order valence-corrected chi connectivity index (χ4v) is 3.58. The molecule has 1 saturated carbocycles. The van der Waals surface area contributed by atoms with Crippen molar-refractivity contribution >= 4 is 5.78 Å². The minimum atomic E-state index is -0.435. The highest BCUT2D eigenvalue weighted by Gasteiger charge is 2.28. The van der Waals surface area contributed by atoms with Gasteiger partial charge in [0.25, 0.3) is 0 Å². The maximum Gasteiger partial charge on any atom is 0.134 e. The van der Waals surface area contributed by atoms with Gasteiger partial charge in [-0.25, -0.2) is 4.39 Å². The maximum atomic E-state index is 13.6. The molecule has 0 bridgehead atoms. The molecule has 1 aromatic carbocycles. The summed E-state index contributed by atoms with van der Waals surface area (Å²) in [5, 5.41) is 0. The number of halogens is 1. The van der Waals surface area contributed by atoms with Crippen LogP contribution >= 0.6 is 0 Å². The molecule has 0 radical (unpaired) electrons. The van der Waals surface area contributed by atoms with Gasteiger partial charge in [-0.2, -0.15) is 0 Å². The van der Waals surface area contributed by atoms with Crippen LogP contribution in [0.25, 0.3) is 0 Å². The van der Waals surface area contributed by atoms with Gasteiger partial charge < -0.3 is 0 Å². The minimum Gasteiger partial charge on any atom is -0.300 e. The van der Waals surface area contributed by atoms with Crippen LogP contribution < -0.4 is 0 Å². The molecule has 0 saturated heterocycles. The van der Waals surface area contributed by atoms with E-state index in [0.717, 1.165) is 5.56 Å². The Morgan fingerprint density at radius 2 is 2.00 bits per heavy atom. The van der Waals surface area contributed by atoms with Gasteiger partial charge in [0.15, 0.2) is 0 Å². The third kappa shape index (κ3) is 4.19. The smallest absolute Gasteiger partial charge is 0.134 e. The Hall–Kier alpha value is -1.62. The van der Waals surface area contributed by atoms with Gasteiger partial charge in [-0.05, 0) is 35.1 Å². The van der Waals surface area contributed by atoms with Crippen LogP contribution in [0, 0.1) is 24.1 Å². The van der Waals surface area contributed by atoms with Gasteiger partial charge in [-0.15, -0.1) is 6.42 Å². The number of Topliss-reactive ketones (excluding diaryl/α,β-unsaturated/α-hetero) is 1. The summed E-state index contributed by atoms with van der Waals surface area (Å²) in [5.74, 6) is 3.11. The second-order valence-electron chi connectivity index (χ2n) is 7.14. The van der Waals surface area contributed by atoms with E-state index in [1.807, 2.05) is 13.8 Å². The molecule has 0 heterocycles. The summed E-state index contributed by atoms with van der Waals surface area (Å²) in [5.41, 5.74) is 0.999. The summed E-state index contributed by atoms with van der Waals surface area (Å²) in [6.07, 6.45) is 12.7. The van der Waals surface area contributed by atoms with Crippen LogP contribution in [0.3, 0.4) is 0 Å². The van der Waals surface area contributed by atoms with Gasteiger partial charge >= 0.3 is 0 Å². The van der Waals surface area contributed by atoms with Crippen molar-refractivity contribution in [2.24, 2.45) is 5.92 Å². The van der Waals surface area contributed by atoms with E-state index in [2.05, 4.69) is 5.92 Å². The molecule has 0 unspecified atom stereocenters. The third-order valence-electron chi connectivity index (χ3n) is 4.75. The molecular weight excluding hydrogens is 275 g/mol. The molecule has 22 heavy (non-hydrogen) atoms. The first-order chi connectivity index (χ1) is 10.4. The highest BCUT2D eigenvalue weighted by Crippen LogP contribution is 2.33. The molecule has 0 amide bonds. The third-order valence-corrected chi connectivity index (χ3v) is 4.75. The number of hydrogen-bond donors (Lipinski definition) is 0. The fraction of sp³-hybridized carbons (Fsp3) is 0.550. The molecule has 1 aliphatic carbocycles. The molecular formula is C20H25FO. The van der Waals surface area contributed by atoms with Crippen molar-refractivity contribution in [2.45, 2.75) is 64.2 Å². The van der Waals surface area contributed by atoms with E-state index in [4.69, 9.17) is 6.42 Å². The predicted molar refractivity (Wildman–Crippen MR) is 88.2 cm³/mol. The predicted octanol–water partition coefficient (Wildman–Crippen LogP) is 5.01. The quantitative estimate of drug-likeness (QED) is 0.698. The summed E-state index contributed by atoms with van der Waals surface area (Å²) >= 11 is 0. The maximum absolute atomic E-state index is 13.6. The van der Waals surface area contributed by atoms with Crippen molar-refractivity contribution in [2.75, 3.05) is 0 Å². The van der Waals surface area contributed by atoms with E-state index in [0.29, 0.717) is 24.3 Å².